The number of hydrogen-bond donors (Lipinski definition) is 1. The van der Waals surface area contributed by atoms with Crippen molar-refractivity contribution in [2.75, 3.05) is 13.2 Å². The van der Waals surface area contributed by atoms with Crippen LogP contribution in [0.15, 0.2) is 0 Å². The van der Waals surface area contributed by atoms with Gasteiger partial charge in [-0.2, -0.15) is 0 Å². The van der Waals surface area contributed by atoms with E-state index in [9.17, 15) is 0 Å². The molecule has 0 heterocycles. The molecule has 0 amide bonds. The molecule has 0 saturated heterocycles. The van der Waals surface area contributed by atoms with Gasteiger partial charge in [-0.25, -0.2) is 0 Å². The maximum absolute atomic E-state index is 5.67. The molecule has 1 atom stereocenters. The van der Waals surface area contributed by atoms with Crippen molar-refractivity contribution >= 4 is 0 Å². The summed E-state index contributed by atoms with van der Waals surface area (Å²) in [5, 5.41) is 0. The maximum atomic E-state index is 5.67. The molecule has 0 aliphatic rings. The molecule has 0 bridgehead atoms. The fraction of sp³-hybridized carbons (Fsp3) is 0.778. The van der Waals surface area contributed by atoms with E-state index < -0.39 is 0 Å². The topological polar surface area (TPSA) is 35.2 Å². The van der Waals surface area contributed by atoms with Gasteiger partial charge < -0.3 is 10.5 Å². The molecule has 0 aromatic heterocycles. The van der Waals surface area contributed by atoms with Crippen LogP contribution in [0.2, 0.25) is 0 Å². The van der Waals surface area contributed by atoms with Gasteiger partial charge in [-0.3, -0.25) is 0 Å². The molecule has 2 N–H and O–H groups in total. The maximum Gasteiger partial charge on any atom is 0.0466 e. The quantitative estimate of drug-likeness (QED) is 0.461. The van der Waals surface area contributed by atoms with Crippen LogP contribution in [-0.4, -0.2) is 19.3 Å². The molecule has 0 spiro atoms. The molecule has 2 heteroatoms. The Kier molecular flexibility index (Phi) is 7.23. The minimum Gasteiger partial charge on any atom is -0.382 e. The fourth-order valence-electron chi connectivity index (χ4n) is 0.845. The smallest absolute Gasteiger partial charge is 0.0466 e. The minimum atomic E-state index is 0.153. The second-order valence-corrected chi connectivity index (χ2v) is 2.51. The molecular formula is C9H17NO. The molecule has 11 heavy (non-hydrogen) atoms. The van der Waals surface area contributed by atoms with Crippen molar-refractivity contribution in [2.24, 2.45) is 5.73 Å². The molecule has 0 radical (unpaired) electrons. The predicted octanol–water partition coefficient (Wildman–Crippen LogP) is 1.15. The van der Waals surface area contributed by atoms with Crippen LogP contribution in [0.25, 0.3) is 0 Å². The van der Waals surface area contributed by atoms with E-state index in [0.717, 1.165) is 26.1 Å². The molecule has 0 fully saturated rings. The van der Waals surface area contributed by atoms with Gasteiger partial charge in [-0.05, 0) is 19.8 Å². The van der Waals surface area contributed by atoms with Crippen molar-refractivity contribution in [1.82, 2.24) is 0 Å². The summed E-state index contributed by atoms with van der Waals surface area (Å²) in [5.74, 6) is 2.54. The van der Waals surface area contributed by atoms with Gasteiger partial charge in [0.25, 0.3) is 0 Å². The monoisotopic (exact) mass is 155 g/mol. The number of ether oxygens (including phenoxy) is 1. The van der Waals surface area contributed by atoms with Gasteiger partial charge in [0.15, 0.2) is 0 Å². The second kappa shape index (κ2) is 7.59. The van der Waals surface area contributed by atoms with E-state index in [2.05, 4.69) is 5.92 Å². The Bertz CT molecular complexity index is 117. The molecule has 1 unspecified atom stereocenters. The first-order valence-electron chi connectivity index (χ1n) is 4.08. The van der Waals surface area contributed by atoms with Crippen LogP contribution >= 0.6 is 0 Å². The average molecular weight is 155 g/mol. The van der Waals surface area contributed by atoms with E-state index in [1.54, 1.807) is 0 Å². The standard InChI is InChI=1S/C9H17NO/c1-3-6-9(10)7-5-8-11-4-2/h1,9H,4-8,10H2,2H3. The molecule has 2 nitrogen and oxygen atoms in total. The van der Waals surface area contributed by atoms with E-state index in [1.165, 1.54) is 0 Å². The third-order valence-corrected chi connectivity index (χ3v) is 1.45. The Hall–Kier alpha value is -0.520. The summed E-state index contributed by atoms with van der Waals surface area (Å²) in [6.07, 6.45) is 7.74. The summed E-state index contributed by atoms with van der Waals surface area (Å²) in [4.78, 5) is 0. The van der Waals surface area contributed by atoms with E-state index in [0.29, 0.717) is 6.42 Å². The lowest BCUT2D eigenvalue weighted by atomic mass is 10.1. The Morgan fingerprint density at radius 3 is 2.91 bits per heavy atom. The Balaban J connectivity index is 3.05. The molecule has 0 aliphatic carbocycles. The van der Waals surface area contributed by atoms with Crippen LogP contribution in [-0.2, 0) is 4.74 Å². The predicted molar refractivity (Wildman–Crippen MR) is 47.2 cm³/mol. The van der Waals surface area contributed by atoms with Gasteiger partial charge in [-0.15, -0.1) is 12.3 Å². The molecule has 0 saturated carbocycles. The van der Waals surface area contributed by atoms with Crippen molar-refractivity contribution in [3.8, 4) is 12.3 Å². The van der Waals surface area contributed by atoms with Gasteiger partial charge in [-0.1, -0.05) is 0 Å². The lowest BCUT2D eigenvalue weighted by Crippen LogP contribution is -2.19. The Labute approximate surface area is 69.1 Å². The minimum absolute atomic E-state index is 0.153. The lowest BCUT2D eigenvalue weighted by molar-refractivity contribution is 0.142. The van der Waals surface area contributed by atoms with Crippen LogP contribution < -0.4 is 5.73 Å². The molecule has 0 rings (SSSR count). The van der Waals surface area contributed by atoms with Crippen LogP contribution in [0.4, 0.5) is 0 Å². The summed E-state index contributed by atoms with van der Waals surface area (Å²) in [6.45, 7) is 3.57. The van der Waals surface area contributed by atoms with E-state index in [1.807, 2.05) is 6.92 Å². The van der Waals surface area contributed by atoms with Crippen LogP contribution in [0.3, 0.4) is 0 Å². The zero-order valence-corrected chi connectivity index (χ0v) is 7.18. The van der Waals surface area contributed by atoms with Crippen molar-refractivity contribution in [2.45, 2.75) is 32.2 Å². The zero-order valence-electron chi connectivity index (χ0n) is 7.18. The third-order valence-electron chi connectivity index (χ3n) is 1.45. The third kappa shape index (κ3) is 7.38. The summed E-state index contributed by atoms with van der Waals surface area (Å²) in [7, 11) is 0. The average Bonchev–Trinajstić information content (AvgIpc) is 1.99. The Morgan fingerprint density at radius 2 is 2.36 bits per heavy atom. The first-order chi connectivity index (χ1) is 5.31. The lowest BCUT2D eigenvalue weighted by Gasteiger charge is -2.06. The SMILES string of the molecule is C#CCC(N)CCCOCC. The molecule has 64 valence electrons. The van der Waals surface area contributed by atoms with Gasteiger partial charge in [0.1, 0.15) is 0 Å². The van der Waals surface area contributed by atoms with Crippen LogP contribution in [0.1, 0.15) is 26.2 Å². The summed E-state index contributed by atoms with van der Waals surface area (Å²) >= 11 is 0. The van der Waals surface area contributed by atoms with E-state index in [-0.39, 0.29) is 6.04 Å². The van der Waals surface area contributed by atoms with Gasteiger partial charge in [0, 0.05) is 25.7 Å². The van der Waals surface area contributed by atoms with Crippen LogP contribution in [0, 0.1) is 12.3 Å². The van der Waals surface area contributed by atoms with Crippen molar-refractivity contribution in [3.63, 3.8) is 0 Å². The summed E-state index contributed by atoms with van der Waals surface area (Å²) in [6, 6.07) is 0.153. The van der Waals surface area contributed by atoms with Gasteiger partial charge >= 0.3 is 0 Å². The second-order valence-electron chi connectivity index (χ2n) is 2.51. The normalized spacial score (nSPS) is 12.5. The highest BCUT2D eigenvalue weighted by Gasteiger charge is 1.98. The van der Waals surface area contributed by atoms with Crippen molar-refractivity contribution < 1.29 is 4.74 Å². The highest BCUT2D eigenvalue weighted by atomic mass is 16.5. The number of rotatable bonds is 6. The summed E-state index contributed by atoms with van der Waals surface area (Å²) in [5.41, 5.74) is 5.67. The number of nitrogens with two attached hydrogens (primary N) is 1. The van der Waals surface area contributed by atoms with Crippen molar-refractivity contribution in [1.29, 1.82) is 0 Å². The summed E-state index contributed by atoms with van der Waals surface area (Å²) < 4.78 is 5.15. The molecular weight excluding hydrogens is 138 g/mol. The van der Waals surface area contributed by atoms with E-state index in [4.69, 9.17) is 16.9 Å². The van der Waals surface area contributed by atoms with Crippen molar-refractivity contribution in [3.05, 3.63) is 0 Å². The van der Waals surface area contributed by atoms with Gasteiger partial charge in [0.05, 0.1) is 0 Å². The molecule has 0 aromatic carbocycles. The number of hydrogen-bond acceptors (Lipinski definition) is 2. The fourth-order valence-corrected chi connectivity index (χ4v) is 0.845. The molecule has 0 aromatic rings. The van der Waals surface area contributed by atoms with E-state index >= 15 is 0 Å². The zero-order chi connectivity index (χ0) is 8.53. The first-order valence-corrected chi connectivity index (χ1v) is 4.08. The number of terminal acetylenes is 1. The Morgan fingerprint density at radius 1 is 1.64 bits per heavy atom. The first kappa shape index (κ1) is 10.5. The van der Waals surface area contributed by atoms with Gasteiger partial charge in [0.2, 0.25) is 0 Å². The van der Waals surface area contributed by atoms with Crippen LogP contribution in [0.5, 0.6) is 0 Å². The highest BCUT2D eigenvalue weighted by molar-refractivity contribution is 4.88. The largest absolute Gasteiger partial charge is 0.382 e. The highest BCUT2D eigenvalue weighted by Crippen LogP contribution is 1.97. The molecule has 0 aliphatic heterocycles.